The van der Waals surface area contributed by atoms with Gasteiger partial charge in [0.25, 0.3) is 5.91 Å². The fourth-order valence-corrected chi connectivity index (χ4v) is 4.67. The normalized spacial score (nSPS) is 11.5. The highest BCUT2D eigenvalue weighted by molar-refractivity contribution is 7.92. The average Bonchev–Trinajstić information content (AvgIpc) is 3.24. The molecule has 0 aliphatic carbocycles. The molecule has 2 aromatic carbocycles. The van der Waals surface area contributed by atoms with E-state index in [-0.39, 0.29) is 11.4 Å². The largest absolute Gasteiger partial charge is 0.378 e. The summed E-state index contributed by atoms with van der Waals surface area (Å²) < 4.78 is 55.3. The summed E-state index contributed by atoms with van der Waals surface area (Å²) in [6, 6.07) is 11.0. The molecule has 2 heterocycles. The highest BCUT2D eigenvalue weighted by Gasteiger charge is 2.23. The zero-order chi connectivity index (χ0) is 26.0. The smallest absolute Gasteiger partial charge is 0.261 e. The Labute approximate surface area is 206 Å². The number of rotatable bonds is 8. The Hall–Kier alpha value is -4.06. The van der Waals surface area contributed by atoms with Gasteiger partial charge in [-0.15, -0.1) is 0 Å². The van der Waals surface area contributed by atoms with E-state index in [0.717, 1.165) is 23.4 Å². The summed E-state index contributed by atoms with van der Waals surface area (Å²) in [5, 5.41) is 2.40. The van der Waals surface area contributed by atoms with Gasteiger partial charge < -0.3 is 15.2 Å². The fourth-order valence-electron chi connectivity index (χ4n) is 3.54. The lowest BCUT2D eigenvalue weighted by molar-refractivity contribution is 0.101. The van der Waals surface area contributed by atoms with Crippen LogP contribution in [0.5, 0.6) is 0 Å². The molecule has 188 valence electrons. The standard InChI is InChI=1S/C24H24F2N6O3S/c1-4-11-36(34,35)31-18-10-9-17(25)20(21(18)26)24(33)28-15-12-19-23(27-13-15)30-22(29-19)14-5-7-16(8-6-14)32(2)3/h5-10,12-13,31H,4,11H2,1-3H3,(H,28,33)(H,27,29,30). The second kappa shape index (κ2) is 9.90. The first kappa shape index (κ1) is 25.0. The summed E-state index contributed by atoms with van der Waals surface area (Å²) in [4.78, 5) is 26.5. The number of aromatic nitrogens is 3. The molecule has 0 saturated carbocycles. The summed E-state index contributed by atoms with van der Waals surface area (Å²) in [5.74, 6) is -3.24. The lowest BCUT2D eigenvalue weighted by Crippen LogP contribution is -2.20. The minimum atomic E-state index is -3.84. The van der Waals surface area contributed by atoms with E-state index in [9.17, 15) is 22.0 Å². The van der Waals surface area contributed by atoms with E-state index < -0.39 is 38.8 Å². The molecule has 0 saturated heterocycles. The Bertz CT molecular complexity index is 1540. The van der Waals surface area contributed by atoms with Gasteiger partial charge in [-0.05, 0) is 48.9 Å². The van der Waals surface area contributed by atoms with Crippen molar-refractivity contribution in [1.29, 1.82) is 0 Å². The molecule has 4 aromatic rings. The molecular formula is C24H24F2N6O3S. The van der Waals surface area contributed by atoms with Crippen LogP contribution in [0.3, 0.4) is 0 Å². The van der Waals surface area contributed by atoms with Crippen LogP contribution >= 0.6 is 0 Å². The zero-order valence-electron chi connectivity index (χ0n) is 19.8. The Kier molecular flexibility index (Phi) is 6.88. The molecule has 0 aliphatic heterocycles. The van der Waals surface area contributed by atoms with Crippen LogP contribution in [-0.4, -0.2) is 49.1 Å². The van der Waals surface area contributed by atoms with E-state index >= 15 is 0 Å². The third-order valence-corrected chi connectivity index (χ3v) is 6.78. The minimum absolute atomic E-state index is 0.157. The van der Waals surface area contributed by atoms with E-state index in [2.05, 4.69) is 20.3 Å². The summed E-state index contributed by atoms with van der Waals surface area (Å²) >= 11 is 0. The topological polar surface area (TPSA) is 120 Å². The maximum atomic E-state index is 14.9. The first-order valence-corrected chi connectivity index (χ1v) is 12.7. The van der Waals surface area contributed by atoms with Gasteiger partial charge in [0, 0.05) is 25.3 Å². The number of imidazole rings is 1. The maximum Gasteiger partial charge on any atom is 0.261 e. The van der Waals surface area contributed by atoms with Crippen LogP contribution in [0.4, 0.5) is 25.8 Å². The van der Waals surface area contributed by atoms with Gasteiger partial charge in [0.2, 0.25) is 10.0 Å². The SMILES string of the molecule is CCCS(=O)(=O)Nc1ccc(F)c(C(=O)Nc2cnc3[nH]c(-c4ccc(N(C)C)cc4)nc3c2)c1F. The molecule has 36 heavy (non-hydrogen) atoms. The number of pyridine rings is 1. The first-order valence-electron chi connectivity index (χ1n) is 11.0. The van der Waals surface area contributed by atoms with Crippen LogP contribution in [0.1, 0.15) is 23.7 Å². The van der Waals surface area contributed by atoms with Gasteiger partial charge in [-0.2, -0.15) is 0 Å². The molecule has 0 aliphatic rings. The van der Waals surface area contributed by atoms with E-state index in [0.29, 0.717) is 23.4 Å². The number of carbonyl (C=O) groups is 1. The van der Waals surface area contributed by atoms with Crippen molar-refractivity contribution in [2.75, 3.05) is 34.8 Å². The van der Waals surface area contributed by atoms with Crippen LogP contribution < -0.4 is 14.9 Å². The number of amides is 1. The van der Waals surface area contributed by atoms with Gasteiger partial charge in [0.05, 0.1) is 23.3 Å². The second-order valence-electron chi connectivity index (χ2n) is 8.28. The lowest BCUT2D eigenvalue weighted by Gasteiger charge is -2.12. The van der Waals surface area contributed by atoms with Crippen LogP contribution in [0.25, 0.3) is 22.6 Å². The summed E-state index contributed by atoms with van der Waals surface area (Å²) in [5.41, 5.74) is 1.47. The summed E-state index contributed by atoms with van der Waals surface area (Å²) in [6.07, 6.45) is 1.62. The zero-order valence-corrected chi connectivity index (χ0v) is 20.6. The van der Waals surface area contributed by atoms with Gasteiger partial charge in [-0.1, -0.05) is 6.92 Å². The number of nitrogens with zero attached hydrogens (tertiary/aromatic N) is 3. The number of fused-ring (bicyclic) bond motifs is 1. The lowest BCUT2D eigenvalue weighted by atomic mass is 10.1. The Morgan fingerprint density at radius 3 is 2.50 bits per heavy atom. The molecule has 0 bridgehead atoms. The second-order valence-corrected chi connectivity index (χ2v) is 10.1. The van der Waals surface area contributed by atoms with Gasteiger partial charge >= 0.3 is 0 Å². The predicted molar refractivity (Wildman–Crippen MR) is 136 cm³/mol. The van der Waals surface area contributed by atoms with Crippen molar-refractivity contribution >= 4 is 44.2 Å². The summed E-state index contributed by atoms with van der Waals surface area (Å²) in [7, 11) is 0.0372. The van der Waals surface area contributed by atoms with Crippen molar-refractivity contribution in [3.8, 4) is 11.4 Å². The van der Waals surface area contributed by atoms with Gasteiger partial charge in [-0.3, -0.25) is 9.52 Å². The highest BCUT2D eigenvalue weighted by atomic mass is 32.2. The molecule has 2 aromatic heterocycles. The third-order valence-electron chi connectivity index (χ3n) is 5.31. The number of H-pyrrole nitrogens is 1. The van der Waals surface area contributed by atoms with Crippen LogP contribution in [0.15, 0.2) is 48.7 Å². The molecule has 0 fully saturated rings. The van der Waals surface area contributed by atoms with Crippen LogP contribution in [0.2, 0.25) is 0 Å². The third kappa shape index (κ3) is 5.28. The van der Waals surface area contributed by atoms with Crippen molar-refractivity contribution < 1.29 is 22.0 Å². The van der Waals surface area contributed by atoms with E-state index in [1.54, 1.807) is 6.92 Å². The van der Waals surface area contributed by atoms with Crippen LogP contribution in [0, 0.1) is 11.6 Å². The number of carbonyl (C=O) groups excluding carboxylic acids is 1. The average molecular weight is 515 g/mol. The van der Waals surface area contributed by atoms with Gasteiger partial charge in [0.15, 0.2) is 11.5 Å². The molecule has 12 heteroatoms. The Balaban J connectivity index is 1.58. The van der Waals surface area contributed by atoms with E-state index in [4.69, 9.17) is 0 Å². The maximum absolute atomic E-state index is 14.9. The first-order chi connectivity index (χ1) is 17.1. The van der Waals surface area contributed by atoms with Gasteiger partial charge in [-0.25, -0.2) is 27.2 Å². The number of halogens is 2. The fraction of sp³-hybridized carbons (Fsp3) is 0.208. The summed E-state index contributed by atoms with van der Waals surface area (Å²) in [6.45, 7) is 1.65. The number of nitrogens with one attached hydrogen (secondary N) is 3. The number of benzene rings is 2. The monoisotopic (exact) mass is 514 g/mol. The number of hydrogen-bond donors (Lipinski definition) is 3. The van der Waals surface area contributed by atoms with Gasteiger partial charge in [0.1, 0.15) is 22.7 Å². The molecule has 1 amide bonds. The minimum Gasteiger partial charge on any atom is -0.378 e. The van der Waals surface area contributed by atoms with Crippen molar-refractivity contribution in [2.24, 2.45) is 0 Å². The quantitative estimate of drug-likeness (QED) is 0.321. The molecular weight excluding hydrogens is 490 g/mol. The molecule has 0 unspecified atom stereocenters. The van der Waals surface area contributed by atoms with Crippen molar-refractivity contribution in [2.45, 2.75) is 13.3 Å². The Morgan fingerprint density at radius 2 is 1.83 bits per heavy atom. The predicted octanol–water partition coefficient (Wildman–Crippen LogP) is 4.37. The van der Waals surface area contributed by atoms with Crippen molar-refractivity contribution in [3.05, 3.63) is 65.9 Å². The molecule has 0 radical (unpaired) electrons. The molecule has 0 spiro atoms. The molecule has 3 N–H and O–H groups in total. The number of anilines is 3. The van der Waals surface area contributed by atoms with E-state index in [1.165, 1.54) is 12.3 Å². The number of aromatic amines is 1. The Morgan fingerprint density at radius 1 is 1.11 bits per heavy atom. The molecule has 4 rings (SSSR count). The van der Waals surface area contributed by atoms with Crippen molar-refractivity contribution in [1.82, 2.24) is 15.0 Å². The van der Waals surface area contributed by atoms with E-state index in [1.807, 2.05) is 48.0 Å². The highest BCUT2D eigenvalue weighted by Crippen LogP contribution is 2.26. The van der Waals surface area contributed by atoms with Crippen LogP contribution in [-0.2, 0) is 10.0 Å². The number of hydrogen-bond acceptors (Lipinski definition) is 6. The molecule has 0 atom stereocenters. The number of sulfonamides is 1. The van der Waals surface area contributed by atoms with Crippen molar-refractivity contribution in [3.63, 3.8) is 0 Å². The molecule has 9 nitrogen and oxygen atoms in total.